The number of ether oxygens (including phenoxy) is 1. The van der Waals surface area contributed by atoms with Crippen LogP contribution in [0, 0.1) is 0 Å². The van der Waals surface area contributed by atoms with E-state index in [2.05, 4.69) is 5.32 Å². The second-order valence-corrected chi connectivity index (χ2v) is 5.83. The van der Waals surface area contributed by atoms with Crippen molar-refractivity contribution in [3.05, 3.63) is 0 Å². The molecule has 0 saturated carbocycles. The van der Waals surface area contributed by atoms with E-state index in [1.165, 1.54) is 11.5 Å². The van der Waals surface area contributed by atoms with Gasteiger partial charge in [-0.05, 0) is 37.2 Å². The molecule has 2 N–H and O–H groups in total. The number of carboxylic acids is 1. The average Bonchev–Trinajstić information content (AvgIpc) is 2.28. The molecule has 92 valence electrons. The zero-order valence-electron chi connectivity index (χ0n) is 9.41. The number of hydrogen-bond acceptors (Lipinski definition) is 4. The van der Waals surface area contributed by atoms with Crippen LogP contribution in [-0.2, 0) is 9.53 Å². The van der Waals surface area contributed by atoms with Crippen LogP contribution < -0.4 is 5.32 Å². The molecule has 0 bridgehead atoms. The summed E-state index contributed by atoms with van der Waals surface area (Å²) in [6.45, 7) is 0.831. The Kier molecular flexibility index (Phi) is 4.10. The van der Waals surface area contributed by atoms with Crippen molar-refractivity contribution in [2.75, 3.05) is 24.7 Å². The standard InChI is InChI=1S/C11H19NO3S/c13-10(14)8-12-9-1-4-15-11(7-9)2-5-16-6-3-11/h9,12H,1-8H2,(H,13,14). The van der Waals surface area contributed by atoms with Gasteiger partial charge in [-0.2, -0.15) is 11.8 Å². The summed E-state index contributed by atoms with van der Waals surface area (Å²) >= 11 is 1.99. The molecule has 2 saturated heterocycles. The zero-order chi connectivity index (χ0) is 11.4. The number of thioether (sulfide) groups is 1. The first-order valence-corrected chi connectivity index (χ1v) is 7.03. The van der Waals surface area contributed by atoms with Crippen molar-refractivity contribution in [3.8, 4) is 0 Å². The maximum atomic E-state index is 10.5. The molecule has 2 fully saturated rings. The molecular formula is C11H19NO3S. The van der Waals surface area contributed by atoms with Crippen molar-refractivity contribution in [2.24, 2.45) is 0 Å². The van der Waals surface area contributed by atoms with E-state index in [1.54, 1.807) is 0 Å². The lowest BCUT2D eigenvalue weighted by Gasteiger charge is -2.43. The van der Waals surface area contributed by atoms with Gasteiger partial charge in [-0.25, -0.2) is 0 Å². The molecule has 0 radical (unpaired) electrons. The minimum Gasteiger partial charge on any atom is -0.480 e. The molecule has 16 heavy (non-hydrogen) atoms. The molecule has 1 unspecified atom stereocenters. The lowest BCUT2D eigenvalue weighted by atomic mass is 9.85. The third-order valence-corrected chi connectivity index (χ3v) is 4.42. The van der Waals surface area contributed by atoms with Gasteiger partial charge in [0.2, 0.25) is 0 Å². The molecule has 4 nitrogen and oxygen atoms in total. The van der Waals surface area contributed by atoms with Gasteiger partial charge in [0.15, 0.2) is 0 Å². The summed E-state index contributed by atoms with van der Waals surface area (Å²) in [7, 11) is 0. The van der Waals surface area contributed by atoms with Crippen molar-refractivity contribution in [1.82, 2.24) is 5.32 Å². The highest BCUT2D eigenvalue weighted by atomic mass is 32.2. The average molecular weight is 245 g/mol. The number of carbonyl (C=O) groups is 1. The van der Waals surface area contributed by atoms with Crippen LogP contribution in [0.5, 0.6) is 0 Å². The molecule has 2 aliphatic heterocycles. The summed E-state index contributed by atoms with van der Waals surface area (Å²) in [5.41, 5.74) is 0.0413. The minimum atomic E-state index is -0.778. The quantitative estimate of drug-likeness (QED) is 0.780. The van der Waals surface area contributed by atoms with Gasteiger partial charge in [-0.1, -0.05) is 0 Å². The maximum absolute atomic E-state index is 10.5. The molecule has 0 amide bonds. The number of carboxylic acid groups (broad SMARTS) is 1. The maximum Gasteiger partial charge on any atom is 0.317 e. The number of hydrogen-bond donors (Lipinski definition) is 2. The highest BCUT2D eigenvalue weighted by Crippen LogP contribution is 2.37. The van der Waals surface area contributed by atoms with Gasteiger partial charge < -0.3 is 15.2 Å². The van der Waals surface area contributed by atoms with Crippen LogP contribution in [0.4, 0.5) is 0 Å². The lowest BCUT2D eigenvalue weighted by Crippen LogP contribution is -2.49. The monoisotopic (exact) mass is 245 g/mol. The molecule has 0 aromatic rings. The molecule has 0 aliphatic carbocycles. The van der Waals surface area contributed by atoms with E-state index in [9.17, 15) is 4.79 Å². The first kappa shape index (κ1) is 12.2. The first-order valence-electron chi connectivity index (χ1n) is 5.87. The molecule has 1 atom stereocenters. The van der Waals surface area contributed by atoms with E-state index in [-0.39, 0.29) is 12.1 Å². The molecule has 1 spiro atoms. The summed E-state index contributed by atoms with van der Waals surface area (Å²) in [5, 5.41) is 11.8. The Balaban J connectivity index is 1.85. The summed E-state index contributed by atoms with van der Waals surface area (Å²) in [4.78, 5) is 10.5. The Labute approximate surface area is 100 Å². The van der Waals surface area contributed by atoms with E-state index >= 15 is 0 Å². The molecule has 0 aromatic carbocycles. The second kappa shape index (κ2) is 5.38. The van der Waals surface area contributed by atoms with Crippen molar-refractivity contribution in [3.63, 3.8) is 0 Å². The summed E-state index contributed by atoms with van der Waals surface area (Å²) < 4.78 is 5.94. The van der Waals surface area contributed by atoms with E-state index < -0.39 is 5.97 Å². The summed E-state index contributed by atoms with van der Waals surface area (Å²) in [6.07, 6.45) is 4.13. The van der Waals surface area contributed by atoms with Gasteiger partial charge in [-0.15, -0.1) is 0 Å². The Hall–Kier alpha value is -0.260. The fourth-order valence-electron chi connectivity index (χ4n) is 2.53. The molecule has 2 aliphatic rings. The van der Waals surface area contributed by atoms with Gasteiger partial charge in [0.05, 0.1) is 12.1 Å². The molecular weight excluding hydrogens is 226 g/mol. The zero-order valence-corrected chi connectivity index (χ0v) is 10.2. The van der Waals surface area contributed by atoms with E-state index in [0.29, 0.717) is 6.04 Å². The van der Waals surface area contributed by atoms with Crippen LogP contribution in [0.15, 0.2) is 0 Å². The van der Waals surface area contributed by atoms with Crippen LogP contribution in [0.2, 0.25) is 0 Å². The molecule has 2 heterocycles. The number of rotatable bonds is 3. The van der Waals surface area contributed by atoms with Gasteiger partial charge in [0.1, 0.15) is 0 Å². The molecule has 5 heteroatoms. The van der Waals surface area contributed by atoms with Gasteiger partial charge in [0.25, 0.3) is 0 Å². The van der Waals surface area contributed by atoms with Crippen molar-refractivity contribution >= 4 is 17.7 Å². The Morgan fingerprint density at radius 3 is 2.94 bits per heavy atom. The lowest BCUT2D eigenvalue weighted by molar-refractivity contribution is -0.137. The number of nitrogens with one attached hydrogen (secondary N) is 1. The van der Waals surface area contributed by atoms with Crippen LogP contribution >= 0.6 is 11.8 Å². The van der Waals surface area contributed by atoms with Crippen molar-refractivity contribution in [1.29, 1.82) is 0 Å². The fourth-order valence-corrected chi connectivity index (χ4v) is 3.76. The predicted molar refractivity (Wildman–Crippen MR) is 63.9 cm³/mol. The highest BCUT2D eigenvalue weighted by molar-refractivity contribution is 7.99. The Bertz CT molecular complexity index is 248. The minimum absolute atomic E-state index is 0.0413. The third-order valence-electron chi connectivity index (χ3n) is 3.44. The molecule has 0 aromatic heterocycles. The van der Waals surface area contributed by atoms with Crippen LogP contribution in [0.3, 0.4) is 0 Å². The van der Waals surface area contributed by atoms with Crippen LogP contribution in [-0.4, -0.2) is 47.4 Å². The van der Waals surface area contributed by atoms with E-state index in [0.717, 1.165) is 32.3 Å². The first-order chi connectivity index (χ1) is 7.70. The van der Waals surface area contributed by atoms with E-state index in [4.69, 9.17) is 9.84 Å². The SMILES string of the molecule is O=C(O)CNC1CCOC2(CCSCC2)C1. The van der Waals surface area contributed by atoms with E-state index in [1.807, 2.05) is 11.8 Å². The van der Waals surface area contributed by atoms with Crippen molar-refractivity contribution in [2.45, 2.75) is 37.3 Å². The highest BCUT2D eigenvalue weighted by Gasteiger charge is 2.38. The summed E-state index contributed by atoms with van der Waals surface area (Å²) in [6, 6.07) is 0.313. The normalized spacial score (nSPS) is 29.1. The van der Waals surface area contributed by atoms with Crippen LogP contribution in [0.1, 0.15) is 25.7 Å². The number of aliphatic carboxylic acids is 1. The third kappa shape index (κ3) is 3.12. The Morgan fingerprint density at radius 2 is 2.25 bits per heavy atom. The predicted octanol–water partition coefficient (Wildman–Crippen LogP) is 1.11. The molecule has 2 rings (SSSR count). The van der Waals surface area contributed by atoms with Gasteiger partial charge >= 0.3 is 5.97 Å². The topological polar surface area (TPSA) is 58.6 Å². The smallest absolute Gasteiger partial charge is 0.317 e. The Morgan fingerprint density at radius 1 is 1.50 bits per heavy atom. The largest absolute Gasteiger partial charge is 0.480 e. The fraction of sp³-hybridized carbons (Fsp3) is 0.909. The van der Waals surface area contributed by atoms with Gasteiger partial charge in [0, 0.05) is 12.6 Å². The van der Waals surface area contributed by atoms with Gasteiger partial charge in [-0.3, -0.25) is 4.79 Å². The summed E-state index contributed by atoms with van der Waals surface area (Å²) in [5.74, 6) is 1.57. The second-order valence-electron chi connectivity index (χ2n) is 4.61. The van der Waals surface area contributed by atoms with Crippen molar-refractivity contribution < 1.29 is 14.6 Å². The van der Waals surface area contributed by atoms with Crippen LogP contribution in [0.25, 0.3) is 0 Å².